The number of ketones is 1. The van der Waals surface area contributed by atoms with Crippen molar-refractivity contribution in [3.8, 4) is 0 Å². The Kier molecular flexibility index (Phi) is 8.03. The van der Waals surface area contributed by atoms with E-state index in [0.717, 1.165) is 12.8 Å². The molecule has 0 aliphatic heterocycles. The molecule has 0 aromatic rings. The highest BCUT2D eigenvalue weighted by Gasteiger charge is 2.28. The van der Waals surface area contributed by atoms with Crippen LogP contribution < -0.4 is 5.32 Å². The van der Waals surface area contributed by atoms with E-state index in [1.165, 1.54) is 19.3 Å². The van der Waals surface area contributed by atoms with Crippen molar-refractivity contribution in [1.82, 2.24) is 5.32 Å². The van der Waals surface area contributed by atoms with Gasteiger partial charge in [-0.15, -0.1) is 0 Å². The average molecular weight is 327 g/mol. The summed E-state index contributed by atoms with van der Waals surface area (Å²) in [7, 11) is 0. The largest absolute Gasteiger partial charge is 0.444 e. The molecule has 1 fully saturated rings. The van der Waals surface area contributed by atoms with Crippen LogP contribution in [-0.2, 0) is 9.53 Å². The lowest BCUT2D eigenvalue weighted by molar-refractivity contribution is -0.121. The predicted molar refractivity (Wildman–Crippen MR) is 90.3 cm³/mol. The van der Waals surface area contributed by atoms with E-state index in [1.54, 1.807) is 27.7 Å². The summed E-state index contributed by atoms with van der Waals surface area (Å²) < 4.78 is 5.29. The number of aliphatic hydroxyl groups is 1. The predicted octanol–water partition coefficient (Wildman–Crippen LogP) is 3.58. The van der Waals surface area contributed by atoms with E-state index < -0.39 is 23.8 Å². The molecule has 5 heteroatoms. The highest BCUT2D eigenvalue weighted by atomic mass is 16.6. The van der Waals surface area contributed by atoms with Gasteiger partial charge >= 0.3 is 6.09 Å². The maximum absolute atomic E-state index is 12.0. The van der Waals surface area contributed by atoms with Gasteiger partial charge in [0.1, 0.15) is 11.4 Å². The van der Waals surface area contributed by atoms with Crippen LogP contribution >= 0.6 is 0 Å². The van der Waals surface area contributed by atoms with Gasteiger partial charge < -0.3 is 15.2 Å². The summed E-state index contributed by atoms with van der Waals surface area (Å²) in [5.41, 5.74) is -0.580. The fourth-order valence-corrected chi connectivity index (χ4v) is 3.07. The maximum Gasteiger partial charge on any atom is 0.407 e. The Balaban J connectivity index is 2.66. The highest BCUT2D eigenvalue weighted by molar-refractivity contribution is 5.78. The zero-order valence-corrected chi connectivity index (χ0v) is 15.1. The van der Waals surface area contributed by atoms with Crippen molar-refractivity contribution in [2.75, 3.05) is 0 Å². The maximum atomic E-state index is 12.0. The van der Waals surface area contributed by atoms with E-state index in [4.69, 9.17) is 4.74 Å². The number of ether oxygens (including phenoxy) is 1. The van der Waals surface area contributed by atoms with Crippen LogP contribution in [0.2, 0.25) is 0 Å². The van der Waals surface area contributed by atoms with Crippen LogP contribution in [0.5, 0.6) is 0 Å². The number of amides is 1. The molecule has 1 aliphatic carbocycles. The topological polar surface area (TPSA) is 75.6 Å². The molecule has 0 spiro atoms. The Morgan fingerprint density at radius 2 is 1.83 bits per heavy atom. The van der Waals surface area contributed by atoms with Crippen molar-refractivity contribution >= 4 is 11.9 Å². The second-order valence-electron chi connectivity index (χ2n) is 7.66. The molecule has 134 valence electrons. The van der Waals surface area contributed by atoms with Gasteiger partial charge in [0.15, 0.2) is 0 Å². The molecular weight excluding hydrogens is 294 g/mol. The van der Waals surface area contributed by atoms with E-state index in [1.807, 2.05) is 0 Å². The van der Waals surface area contributed by atoms with Gasteiger partial charge in [0.05, 0.1) is 12.1 Å². The Hall–Kier alpha value is -1.10. The third-order valence-corrected chi connectivity index (χ3v) is 4.31. The standard InChI is InChI=1S/C18H33NO4/c1-5-14(20)12-16(21)15(11-13-9-7-6-8-10-13)19-17(22)23-18(2,3)4/h13,15-16,21H,5-12H2,1-4H3,(H,19,22)/t15-,16?/m0/s1. The lowest BCUT2D eigenvalue weighted by Gasteiger charge is -2.30. The molecule has 0 aromatic carbocycles. The molecule has 1 aliphatic rings. The normalized spacial score (nSPS) is 19.0. The van der Waals surface area contributed by atoms with Crippen molar-refractivity contribution in [3.05, 3.63) is 0 Å². The van der Waals surface area contributed by atoms with Crippen molar-refractivity contribution < 1.29 is 19.4 Å². The average Bonchev–Trinajstić information content (AvgIpc) is 2.45. The van der Waals surface area contributed by atoms with Gasteiger partial charge in [0.25, 0.3) is 0 Å². The fraction of sp³-hybridized carbons (Fsp3) is 0.889. The van der Waals surface area contributed by atoms with E-state index >= 15 is 0 Å². The van der Waals surface area contributed by atoms with Gasteiger partial charge in [0.2, 0.25) is 0 Å². The van der Waals surface area contributed by atoms with E-state index in [-0.39, 0.29) is 12.2 Å². The minimum absolute atomic E-state index is 0.0112. The Labute approximate surface area is 140 Å². The summed E-state index contributed by atoms with van der Waals surface area (Å²) in [6.07, 6.45) is 5.74. The summed E-state index contributed by atoms with van der Waals surface area (Å²) in [5.74, 6) is 0.507. The smallest absolute Gasteiger partial charge is 0.407 e. The van der Waals surface area contributed by atoms with Crippen LogP contribution in [0.3, 0.4) is 0 Å². The molecule has 23 heavy (non-hydrogen) atoms. The molecule has 2 N–H and O–H groups in total. The van der Waals surface area contributed by atoms with E-state index in [2.05, 4.69) is 5.32 Å². The minimum Gasteiger partial charge on any atom is -0.444 e. The number of carbonyl (C=O) groups is 2. The highest BCUT2D eigenvalue weighted by Crippen LogP contribution is 2.28. The molecule has 0 saturated heterocycles. The van der Waals surface area contributed by atoms with Gasteiger partial charge in [-0.3, -0.25) is 4.79 Å². The van der Waals surface area contributed by atoms with E-state index in [0.29, 0.717) is 18.8 Å². The molecular formula is C18H33NO4. The monoisotopic (exact) mass is 327 g/mol. The van der Waals surface area contributed by atoms with Crippen molar-refractivity contribution in [3.63, 3.8) is 0 Å². The molecule has 1 unspecified atom stereocenters. The van der Waals surface area contributed by atoms with Gasteiger partial charge in [-0.1, -0.05) is 39.0 Å². The SMILES string of the molecule is CCC(=O)CC(O)[C@H](CC1CCCCC1)NC(=O)OC(C)(C)C. The number of aliphatic hydroxyl groups excluding tert-OH is 1. The van der Waals surface area contributed by atoms with Gasteiger partial charge in [0, 0.05) is 12.8 Å². The minimum atomic E-state index is -0.850. The first-order valence-corrected chi connectivity index (χ1v) is 8.90. The summed E-state index contributed by atoms with van der Waals surface area (Å²) in [6, 6.07) is -0.427. The molecule has 1 rings (SSSR count). The van der Waals surface area contributed by atoms with Crippen molar-refractivity contribution in [2.45, 2.75) is 96.8 Å². The molecule has 0 aromatic heterocycles. The summed E-state index contributed by atoms with van der Waals surface area (Å²) in [4.78, 5) is 23.7. The third kappa shape index (κ3) is 8.35. The lowest BCUT2D eigenvalue weighted by Crippen LogP contribution is -2.47. The van der Waals surface area contributed by atoms with Crippen LogP contribution in [0.4, 0.5) is 4.79 Å². The summed E-state index contributed by atoms with van der Waals surface area (Å²) >= 11 is 0. The van der Waals surface area contributed by atoms with Crippen molar-refractivity contribution in [1.29, 1.82) is 0 Å². The Morgan fingerprint density at radius 3 is 2.35 bits per heavy atom. The number of alkyl carbamates (subject to hydrolysis) is 1. The molecule has 2 atom stereocenters. The second-order valence-corrected chi connectivity index (χ2v) is 7.66. The lowest BCUT2D eigenvalue weighted by atomic mass is 9.83. The van der Waals surface area contributed by atoms with E-state index in [9.17, 15) is 14.7 Å². The first-order chi connectivity index (χ1) is 10.7. The van der Waals surface area contributed by atoms with Crippen LogP contribution in [0, 0.1) is 5.92 Å². The van der Waals surface area contributed by atoms with Gasteiger partial charge in [-0.05, 0) is 33.1 Å². The Bertz CT molecular complexity index is 383. The van der Waals surface area contributed by atoms with Gasteiger partial charge in [-0.25, -0.2) is 4.79 Å². The van der Waals surface area contributed by atoms with Crippen molar-refractivity contribution in [2.24, 2.45) is 5.92 Å². The number of hydrogen-bond donors (Lipinski definition) is 2. The van der Waals surface area contributed by atoms with Crippen LogP contribution in [0.15, 0.2) is 0 Å². The molecule has 0 radical (unpaired) electrons. The molecule has 5 nitrogen and oxygen atoms in total. The Morgan fingerprint density at radius 1 is 1.22 bits per heavy atom. The quantitative estimate of drug-likeness (QED) is 0.749. The van der Waals surface area contributed by atoms with Crippen LogP contribution in [-0.4, -0.2) is 34.7 Å². The third-order valence-electron chi connectivity index (χ3n) is 4.31. The second kappa shape index (κ2) is 9.26. The molecule has 1 amide bonds. The number of nitrogens with one attached hydrogen (secondary N) is 1. The molecule has 0 bridgehead atoms. The zero-order valence-electron chi connectivity index (χ0n) is 15.1. The summed E-state index contributed by atoms with van der Waals surface area (Å²) in [6.45, 7) is 7.20. The fourth-order valence-electron chi connectivity index (χ4n) is 3.07. The number of carbonyl (C=O) groups excluding carboxylic acids is 2. The van der Waals surface area contributed by atoms with Gasteiger partial charge in [-0.2, -0.15) is 0 Å². The van der Waals surface area contributed by atoms with Crippen LogP contribution in [0.1, 0.15) is 79.1 Å². The summed E-state index contributed by atoms with van der Waals surface area (Å²) in [5, 5.41) is 13.2. The first kappa shape index (κ1) is 19.9. The number of Topliss-reactive ketones (excluding diaryl/α,β-unsaturated/α-hetero) is 1. The number of rotatable bonds is 7. The zero-order chi connectivity index (χ0) is 17.5. The van der Waals surface area contributed by atoms with Crippen LogP contribution in [0.25, 0.3) is 0 Å². The first-order valence-electron chi connectivity index (χ1n) is 8.90. The molecule has 0 heterocycles. The molecule has 1 saturated carbocycles. The number of hydrogen-bond acceptors (Lipinski definition) is 4.